The largest absolute Gasteiger partial charge is 0.375 e. The minimum absolute atomic E-state index is 0.000154. The number of rotatable bonds is 5. The number of nitrogens with zero attached hydrogens (tertiary/aromatic N) is 4. The fraction of sp³-hybridized carbons (Fsp3) is 0.526. The van der Waals surface area contributed by atoms with Gasteiger partial charge in [-0.15, -0.1) is 0 Å². The summed E-state index contributed by atoms with van der Waals surface area (Å²) in [5.74, 6) is 1.29. The molecule has 2 aliphatic rings. The van der Waals surface area contributed by atoms with Crippen LogP contribution in [0, 0.1) is 12.3 Å². The highest BCUT2D eigenvalue weighted by Crippen LogP contribution is 2.49. The highest BCUT2D eigenvalue weighted by molar-refractivity contribution is 6.31. The van der Waals surface area contributed by atoms with Crippen LogP contribution in [0.3, 0.4) is 0 Å². The molecule has 27 heavy (non-hydrogen) atoms. The lowest BCUT2D eigenvalue weighted by atomic mass is 9.71. The molecule has 0 saturated carbocycles. The monoisotopic (exact) mass is 390 g/mol. The minimum Gasteiger partial charge on any atom is -0.375 e. The van der Waals surface area contributed by atoms with Crippen molar-refractivity contribution in [3.05, 3.63) is 46.6 Å². The van der Waals surface area contributed by atoms with Crippen LogP contribution in [0.1, 0.15) is 23.2 Å². The zero-order valence-corrected chi connectivity index (χ0v) is 16.3. The second-order valence-corrected chi connectivity index (χ2v) is 7.95. The van der Waals surface area contributed by atoms with Crippen molar-refractivity contribution in [1.29, 1.82) is 0 Å². The first-order valence-electron chi connectivity index (χ1n) is 9.03. The highest BCUT2D eigenvalue weighted by atomic mass is 35.5. The van der Waals surface area contributed by atoms with Gasteiger partial charge in [-0.3, -0.25) is 9.69 Å². The molecule has 2 fully saturated rings. The van der Waals surface area contributed by atoms with E-state index in [0.717, 1.165) is 30.2 Å². The van der Waals surface area contributed by atoms with E-state index in [-0.39, 0.29) is 23.8 Å². The molecule has 1 amide bonds. The summed E-state index contributed by atoms with van der Waals surface area (Å²) in [4.78, 5) is 21.0. The predicted octanol–water partition coefficient (Wildman–Crippen LogP) is 2.11. The van der Waals surface area contributed by atoms with Gasteiger partial charge in [0.2, 0.25) is 11.8 Å². The first-order valence-corrected chi connectivity index (χ1v) is 9.41. The van der Waals surface area contributed by atoms with E-state index >= 15 is 0 Å². The summed E-state index contributed by atoms with van der Waals surface area (Å²) in [6.45, 7) is 5.69. The van der Waals surface area contributed by atoms with Gasteiger partial charge in [-0.1, -0.05) is 35.0 Å². The molecule has 0 aliphatic carbocycles. The van der Waals surface area contributed by atoms with Gasteiger partial charge in [0.25, 0.3) is 0 Å². The summed E-state index contributed by atoms with van der Waals surface area (Å²) in [6.07, 6.45) is 0. The zero-order chi connectivity index (χ0) is 19.0. The van der Waals surface area contributed by atoms with E-state index in [0.29, 0.717) is 24.8 Å². The number of carbonyl (C=O) groups is 1. The number of amides is 1. The molecule has 2 aliphatic heterocycles. The fourth-order valence-corrected chi connectivity index (χ4v) is 4.51. The van der Waals surface area contributed by atoms with E-state index < -0.39 is 0 Å². The predicted molar refractivity (Wildman–Crippen MR) is 99.4 cm³/mol. The third-order valence-corrected chi connectivity index (χ3v) is 5.91. The van der Waals surface area contributed by atoms with E-state index in [1.807, 2.05) is 30.0 Å². The third kappa shape index (κ3) is 3.47. The van der Waals surface area contributed by atoms with Gasteiger partial charge < -0.3 is 14.2 Å². The van der Waals surface area contributed by atoms with Crippen LogP contribution in [0.15, 0.2) is 28.8 Å². The maximum absolute atomic E-state index is 12.4. The number of benzene rings is 1. The Morgan fingerprint density at radius 2 is 2.15 bits per heavy atom. The molecule has 0 bridgehead atoms. The van der Waals surface area contributed by atoms with E-state index in [1.165, 1.54) is 7.11 Å². The van der Waals surface area contributed by atoms with E-state index in [4.69, 9.17) is 20.9 Å². The molecule has 0 radical (unpaired) electrons. The van der Waals surface area contributed by atoms with Gasteiger partial charge in [0.1, 0.15) is 6.61 Å². The van der Waals surface area contributed by atoms with Gasteiger partial charge in [0.05, 0.1) is 5.92 Å². The molecule has 1 spiro atoms. The number of ether oxygens (including phenoxy) is 1. The zero-order valence-electron chi connectivity index (χ0n) is 15.5. The Hall–Kier alpha value is -1.96. The maximum atomic E-state index is 12.4. The van der Waals surface area contributed by atoms with E-state index in [1.54, 1.807) is 0 Å². The van der Waals surface area contributed by atoms with Gasteiger partial charge in [0, 0.05) is 50.3 Å². The smallest absolute Gasteiger partial charge is 0.248 e. The molecule has 1 unspecified atom stereocenters. The van der Waals surface area contributed by atoms with Crippen LogP contribution in [-0.4, -0.2) is 65.7 Å². The van der Waals surface area contributed by atoms with Gasteiger partial charge in [-0.25, -0.2) is 0 Å². The number of hydrogen-bond donors (Lipinski definition) is 0. The summed E-state index contributed by atoms with van der Waals surface area (Å²) in [5, 5.41) is 4.73. The summed E-state index contributed by atoms with van der Waals surface area (Å²) >= 11 is 6.30. The molecule has 2 saturated heterocycles. The van der Waals surface area contributed by atoms with Crippen LogP contribution in [0.2, 0.25) is 5.02 Å². The summed E-state index contributed by atoms with van der Waals surface area (Å²) in [6, 6.07) is 7.90. The molecule has 7 nitrogen and oxygen atoms in total. The summed E-state index contributed by atoms with van der Waals surface area (Å²) in [7, 11) is 1.54. The molecular formula is C19H23ClN4O3. The highest BCUT2D eigenvalue weighted by Gasteiger charge is 2.57. The second-order valence-electron chi connectivity index (χ2n) is 7.54. The summed E-state index contributed by atoms with van der Waals surface area (Å²) in [5.41, 5.74) is 1.05. The molecule has 1 aromatic carbocycles. The topological polar surface area (TPSA) is 71.7 Å². The van der Waals surface area contributed by atoms with Crippen LogP contribution in [0.5, 0.6) is 0 Å². The molecule has 1 atom stereocenters. The van der Waals surface area contributed by atoms with Gasteiger partial charge in [-0.2, -0.15) is 4.98 Å². The van der Waals surface area contributed by atoms with Crippen LogP contribution < -0.4 is 0 Å². The lowest BCUT2D eigenvalue weighted by Crippen LogP contribution is -2.59. The molecule has 3 heterocycles. The Kier molecular flexibility index (Phi) is 4.92. The van der Waals surface area contributed by atoms with E-state index in [9.17, 15) is 4.79 Å². The minimum atomic E-state index is -0.0658. The number of methoxy groups -OCH3 is 1. The average Bonchev–Trinajstić information content (AvgIpc) is 3.20. The van der Waals surface area contributed by atoms with Crippen LogP contribution in [0.25, 0.3) is 0 Å². The second kappa shape index (κ2) is 7.22. The molecule has 4 rings (SSSR count). The van der Waals surface area contributed by atoms with Crippen molar-refractivity contribution >= 4 is 17.5 Å². The van der Waals surface area contributed by atoms with Crippen LogP contribution >= 0.6 is 11.6 Å². The molecule has 0 N–H and O–H groups in total. The van der Waals surface area contributed by atoms with Gasteiger partial charge >= 0.3 is 0 Å². The Labute approximate surface area is 163 Å². The van der Waals surface area contributed by atoms with Crippen molar-refractivity contribution in [1.82, 2.24) is 19.9 Å². The van der Waals surface area contributed by atoms with Crippen molar-refractivity contribution in [3.8, 4) is 0 Å². The lowest BCUT2D eigenvalue weighted by Gasteiger charge is -2.50. The Bertz CT molecular complexity index is 834. The fourth-order valence-electron chi connectivity index (χ4n) is 4.31. The number of likely N-dealkylation sites (tertiary alicyclic amines) is 2. The molecule has 144 valence electrons. The van der Waals surface area contributed by atoms with Gasteiger partial charge in [0.15, 0.2) is 5.82 Å². The number of aromatic nitrogens is 2. The maximum Gasteiger partial charge on any atom is 0.248 e. The normalized spacial score (nSPS) is 21.6. The number of carbonyl (C=O) groups excluding carboxylic acids is 1. The molecule has 2 aromatic rings. The average molecular weight is 391 g/mol. The van der Waals surface area contributed by atoms with Crippen LogP contribution in [0.4, 0.5) is 0 Å². The number of hydrogen-bond acceptors (Lipinski definition) is 6. The SMILES string of the molecule is COCC(=O)N1CC(c2nc(C)no2)C2(CN(Cc3ccccc3Cl)C2)C1. The van der Waals surface area contributed by atoms with Crippen LogP contribution in [-0.2, 0) is 16.1 Å². The first-order chi connectivity index (χ1) is 13.0. The molecule has 8 heteroatoms. The van der Waals surface area contributed by atoms with Crippen molar-refractivity contribution in [2.45, 2.75) is 19.4 Å². The van der Waals surface area contributed by atoms with E-state index in [2.05, 4.69) is 21.1 Å². The lowest BCUT2D eigenvalue weighted by molar-refractivity contribution is -0.135. The van der Waals surface area contributed by atoms with Crippen molar-refractivity contribution < 1.29 is 14.1 Å². The quantitative estimate of drug-likeness (QED) is 0.778. The van der Waals surface area contributed by atoms with Crippen molar-refractivity contribution in [2.24, 2.45) is 5.41 Å². The number of halogens is 1. The Morgan fingerprint density at radius 3 is 2.81 bits per heavy atom. The third-order valence-electron chi connectivity index (χ3n) is 5.54. The van der Waals surface area contributed by atoms with Crippen molar-refractivity contribution in [3.63, 3.8) is 0 Å². The Morgan fingerprint density at radius 1 is 1.37 bits per heavy atom. The summed E-state index contributed by atoms with van der Waals surface area (Å²) < 4.78 is 10.5. The number of aryl methyl sites for hydroxylation is 1. The molecule has 1 aromatic heterocycles. The first kappa shape index (κ1) is 18.4. The molecular weight excluding hydrogens is 368 g/mol. The standard InChI is InChI=1S/C19H23ClN4O3/c1-13-21-18(27-22-13)15-8-24(17(25)9-26-2)12-19(15)10-23(11-19)7-14-5-3-4-6-16(14)20/h3-6,15H,7-12H2,1-2H3. The Balaban J connectivity index is 1.51. The van der Waals surface area contributed by atoms with Crippen molar-refractivity contribution in [2.75, 3.05) is 39.9 Å². The van der Waals surface area contributed by atoms with Gasteiger partial charge in [-0.05, 0) is 18.6 Å².